The third-order valence-corrected chi connectivity index (χ3v) is 17.3. The Kier molecular flexibility index (Phi) is 17.1. The molecule has 0 aliphatic carbocycles. The number of nitrogens with zero attached hydrogens (tertiary/aromatic N) is 14. The maximum absolute atomic E-state index is 10.0. The second-order valence-corrected chi connectivity index (χ2v) is 25.8. The summed E-state index contributed by atoms with van der Waals surface area (Å²) in [4.78, 5) is 27.9. The number of nitriles is 2. The Balaban J connectivity index is 0.000000143. The Morgan fingerprint density at radius 2 is 1.08 bits per heavy atom. The molecule has 7 aliphatic heterocycles. The fraction of sp³-hybridized carbons (Fsp3) is 0.394. The maximum Gasteiger partial charge on any atom is 0.497 e. The third kappa shape index (κ3) is 13.4. The van der Waals surface area contributed by atoms with Crippen molar-refractivity contribution in [1.29, 1.82) is 10.5 Å². The zero-order valence-electron chi connectivity index (χ0n) is 51.1. The van der Waals surface area contributed by atoms with Crippen LogP contribution in [0, 0.1) is 46.3 Å². The van der Waals surface area contributed by atoms with Gasteiger partial charge < -0.3 is 38.8 Å². The van der Waals surface area contributed by atoms with Crippen LogP contribution in [0.2, 0.25) is 0 Å². The van der Waals surface area contributed by atoms with Crippen molar-refractivity contribution < 1.29 is 29.0 Å². The van der Waals surface area contributed by atoms with Gasteiger partial charge in [0.05, 0.1) is 60.0 Å². The molecule has 7 fully saturated rings. The van der Waals surface area contributed by atoms with E-state index in [4.69, 9.17) is 23.8 Å². The van der Waals surface area contributed by atoms with Crippen LogP contribution in [0.15, 0.2) is 115 Å². The van der Waals surface area contributed by atoms with Crippen molar-refractivity contribution in [1.82, 2.24) is 49.0 Å². The summed E-state index contributed by atoms with van der Waals surface area (Å²) in [6.45, 7) is 20.2. The minimum absolute atomic E-state index is 0.441. The first-order chi connectivity index (χ1) is 42.0. The van der Waals surface area contributed by atoms with Crippen LogP contribution in [-0.4, -0.2) is 153 Å². The van der Waals surface area contributed by atoms with Gasteiger partial charge in [0.15, 0.2) is 0 Å². The summed E-state index contributed by atoms with van der Waals surface area (Å²) in [5, 5.41) is 47.6. The Morgan fingerprint density at radius 1 is 0.614 bits per heavy atom. The predicted molar refractivity (Wildman–Crippen MR) is 339 cm³/mol. The first-order valence-electron chi connectivity index (χ1n) is 29.2. The Morgan fingerprint density at radius 3 is 1.50 bits per heavy atom. The highest BCUT2D eigenvalue weighted by molar-refractivity contribution is 9.10. The highest BCUT2D eigenvalue weighted by atomic mass is 79.9. The highest BCUT2D eigenvalue weighted by Crippen LogP contribution is 2.39. The fourth-order valence-corrected chi connectivity index (χ4v) is 11.9. The van der Waals surface area contributed by atoms with E-state index in [0.29, 0.717) is 74.7 Å². The van der Waals surface area contributed by atoms with E-state index < -0.39 is 29.5 Å². The summed E-state index contributed by atoms with van der Waals surface area (Å²) < 4.78 is 26.9. The number of fused-ring (bicyclic) bond motifs is 6. The van der Waals surface area contributed by atoms with Gasteiger partial charge >= 0.3 is 7.12 Å². The molecule has 2 N–H and O–H groups in total. The van der Waals surface area contributed by atoms with E-state index in [9.17, 15) is 20.7 Å². The van der Waals surface area contributed by atoms with Gasteiger partial charge in [0.2, 0.25) is 11.8 Å². The number of ether oxygens (including phenoxy) is 2. The molecule has 8 aromatic rings. The predicted octanol–water partition coefficient (Wildman–Crippen LogP) is 7.60. The van der Waals surface area contributed by atoms with Crippen LogP contribution in [0.3, 0.4) is 0 Å². The van der Waals surface area contributed by atoms with Gasteiger partial charge in [-0.05, 0) is 132 Å². The SMILES string of the molecule is CC(C)(O)C#Cc1cc(B2OC(C)(C)C(C)(C)O2)c2c(C#N)cnn2c1.COc1ccc(CN2C3CC2CN(c2ccc(-c4cc(C#CC(C)(C)O)cn5ncc(C#N)c45)cn2)C3)cn1.COc1ccc(CN2C3CC2CN(c2ccc(Br)cn2)C3)cn1. The summed E-state index contributed by atoms with van der Waals surface area (Å²) in [6, 6.07) is 26.6. The van der Waals surface area contributed by atoms with Gasteiger partial charge in [0.25, 0.3) is 0 Å². The Hall–Kier alpha value is -8.42. The number of pyridine rings is 6. The van der Waals surface area contributed by atoms with Crippen LogP contribution >= 0.6 is 15.9 Å². The van der Waals surface area contributed by atoms with Gasteiger partial charge in [-0.15, -0.1) is 0 Å². The van der Waals surface area contributed by atoms with Crippen molar-refractivity contribution in [3.05, 3.63) is 148 Å². The molecular weight excluding hydrogens is 1180 g/mol. The topological polar surface area (TPSA) is 224 Å². The molecule has 20 nitrogen and oxygen atoms in total. The van der Waals surface area contributed by atoms with Gasteiger partial charge in [-0.25, -0.2) is 29.0 Å². The number of rotatable bonds is 10. The molecule has 7 aliphatic rings. The zero-order valence-corrected chi connectivity index (χ0v) is 52.7. The summed E-state index contributed by atoms with van der Waals surface area (Å²) in [5.41, 5.74) is 5.23. The maximum atomic E-state index is 10.0. The van der Waals surface area contributed by atoms with Crippen LogP contribution in [0.1, 0.15) is 102 Å². The molecule has 4 bridgehead atoms. The van der Waals surface area contributed by atoms with E-state index in [2.05, 4.69) is 121 Å². The number of piperazine rings is 2. The highest BCUT2D eigenvalue weighted by Gasteiger charge is 2.53. The van der Waals surface area contributed by atoms with Crippen molar-refractivity contribution >= 4 is 51.2 Å². The number of halogens is 1. The quantitative estimate of drug-likeness (QED) is 0.0993. The number of anilines is 2. The lowest BCUT2D eigenvalue weighted by Crippen LogP contribution is -2.68. The number of aliphatic hydroxyl groups is 2. The van der Waals surface area contributed by atoms with E-state index in [1.54, 1.807) is 69.5 Å². The van der Waals surface area contributed by atoms with Gasteiger partial charge in [-0.3, -0.25) is 9.80 Å². The lowest BCUT2D eigenvalue weighted by atomic mass is 9.77. The second-order valence-electron chi connectivity index (χ2n) is 24.9. The molecule has 0 radical (unpaired) electrons. The van der Waals surface area contributed by atoms with E-state index in [0.717, 1.165) is 66.5 Å². The monoisotopic (exact) mass is 1240 g/mol. The molecule has 0 saturated carbocycles. The van der Waals surface area contributed by atoms with Crippen molar-refractivity contribution in [3.8, 4) is 58.7 Å². The number of methoxy groups -OCH3 is 2. The molecule has 0 aromatic carbocycles. The minimum Gasteiger partial charge on any atom is -0.481 e. The third-order valence-electron chi connectivity index (χ3n) is 16.9. The second kappa shape index (κ2) is 24.6. The van der Waals surface area contributed by atoms with Gasteiger partial charge in [0.1, 0.15) is 35.0 Å². The Labute approximate surface area is 521 Å². The number of piperidine rings is 2. The standard InChI is InChI=1S/C30H29N7O2.C19H22BN3O3.C17H19BrN4O/c1-30(2,38)9-8-20-10-26(29-23(12-31)15-34-37(29)17-20)22-5-6-27(32-14-22)35-18-24-11-25(19-35)36(24)16-21-4-7-28(39-3)33-13-21;1-17(2,24)8-7-13-9-15(16-14(10-21)11-22-23(16)12-13)20-25-18(3,4)19(5,6)26-20;1-23-17-5-2-12(7-20-17)9-22-14-6-15(22)11-21(10-14)16-4-3-13(18)8-19-16/h4-7,10,13-15,17,24-25,38H,11,16,18-19H2,1-3H3;9,11-12,24H,1-6H3;2-5,7-8,14-15H,6,9-11H2,1H3. The van der Waals surface area contributed by atoms with Crippen LogP contribution in [0.5, 0.6) is 11.8 Å². The van der Waals surface area contributed by atoms with Crippen molar-refractivity contribution in [2.75, 3.05) is 50.2 Å². The van der Waals surface area contributed by atoms with Gasteiger partial charge in [-0.1, -0.05) is 35.8 Å². The van der Waals surface area contributed by atoms with Crippen LogP contribution < -0.4 is 24.7 Å². The smallest absolute Gasteiger partial charge is 0.481 e. The molecule has 88 heavy (non-hydrogen) atoms. The zero-order chi connectivity index (χ0) is 62.3. The molecule has 4 unspecified atom stereocenters. The van der Waals surface area contributed by atoms with Gasteiger partial charge in [-0.2, -0.15) is 20.7 Å². The van der Waals surface area contributed by atoms with E-state index in [-0.39, 0.29) is 0 Å². The van der Waals surface area contributed by atoms with Crippen LogP contribution in [0.4, 0.5) is 11.6 Å². The fourth-order valence-electron chi connectivity index (χ4n) is 11.6. The lowest BCUT2D eigenvalue weighted by Gasteiger charge is -2.56. The average molecular weight is 1250 g/mol. The molecule has 0 spiro atoms. The number of hydrogen-bond donors (Lipinski definition) is 2. The normalized spacial score (nSPS) is 19.9. The summed E-state index contributed by atoms with van der Waals surface area (Å²) in [7, 11) is 2.63. The molecule has 4 atom stereocenters. The van der Waals surface area contributed by atoms with E-state index >= 15 is 0 Å². The van der Waals surface area contributed by atoms with Crippen LogP contribution in [0.25, 0.3) is 22.2 Å². The van der Waals surface area contributed by atoms with Gasteiger partial charge in [0, 0.05) is 145 Å². The first-order valence-corrected chi connectivity index (χ1v) is 30.0. The summed E-state index contributed by atoms with van der Waals surface area (Å²) >= 11 is 3.44. The van der Waals surface area contributed by atoms with Crippen LogP contribution in [-0.2, 0) is 22.4 Å². The van der Waals surface area contributed by atoms with Crippen molar-refractivity contribution in [3.63, 3.8) is 0 Å². The van der Waals surface area contributed by atoms with Crippen molar-refractivity contribution in [2.24, 2.45) is 0 Å². The summed E-state index contributed by atoms with van der Waals surface area (Å²) in [6.07, 6.45) is 16.6. The molecule has 15 rings (SSSR count). The molecule has 0 amide bonds. The largest absolute Gasteiger partial charge is 0.497 e. The number of aromatic nitrogens is 8. The molecule has 7 saturated heterocycles. The average Bonchev–Trinajstić information content (AvgIpc) is 1.80. The molecule has 8 aromatic heterocycles. The number of hydrogen-bond acceptors (Lipinski definition) is 18. The molecule has 22 heteroatoms. The lowest BCUT2D eigenvalue weighted by molar-refractivity contribution is -0.00879. The molecule has 450 valence electrons. The minimum atomic E-state index is -1.11. The van der Waals surface area contributed by atoms with Crippen molar-refractivity contribution in [2.45, 2.75) is 128 Å². The van der Waals surface area contributed by atoms with E-state index in [1.165, 1.54) is 30.2 Å². The van der Waals surface area contributed by atoms with E-state index in [1.807, 2.05) is 88.9 Å². The molecular formula is C66H70BBrN14O6. The summed E-state index contributed by atoms with van der Waals surface area (Å²) in [5.74, 6) is 15.0. The Bertz CT molecular complexity index is 4030. The first kappa shape index (κ1) is 61.2. The molecule has 15 heterocycles.